The zero-order valence-electron chi connectivity index (χ0n) is 8.76. The van der Waals surface area contributed by atoms with E-state index in [1.165, 1.54) is 12.4 Å². The Balaban J connectivity index is 2.60. The van der Waals surface area contributed by atoms with Crippen molar-refractivity contribution < 1.29 is 23.1 Å². The van der Waals surface area contributed by atoms with Gasteiger partial charge in [0, 0.05) is 12.7 Å². The van der Waals surface area contributed by atoms with Crippen molar-refractivity contribution in [3.05, 3.63) is 12.4 Å². The van der Waals surface area contributed by atoms with E-state index in [0.29, 0.717) is 4.90 Å². The van der Waals surface area contributed by atoms with Gasteiger partial charge in [-0.3, -0.25) is 4.79 Å². The maximum Gasteiger partial charge on any atom is 0.406 e. The number of carbonyl (C=O) groups excluding carboxylic acids is 1. The predicted octanol–water partition coefficient (Wildman–Crippen LogP) is -0.339. The van der Waals surface area contributed by atoms with Gasteiger partial charge in [0.25, 0.3) is 0 Å². The monoisotopic (exact) mass is 252 g/mol. The maximum atomic E-state index is 12.2. The summed E-state index contributed by atoms with van der Waals surface area (Å²) >= 11 is 0. The van der Waals surface area contributed by atoms with E-state index in [0.717, 1.165) is 4.68 Å². The number of nitrogens with zero attached hydrogens (tertiary/aromatic N) is 4. The van der Waals surface area contributed by atoms with Crippen molar-refractivity contribution in [2.75, 3.05) is 19.7 Å². The fraction of sp³-hybridized carbons (Fsp3) is 0.625. The fourth-order valence-electron chi connectivity index (χ4n) is 1.18. The molecule has 96 valence electrons. The smallest absolute Gasteiger partial charge is 0.395 e. The Hall–Kier alpha value is -1.64. The lowest BCUT2D eigenvalue weighted by Gasteiger charge is -2.22. The highest BCUT2D eigenvalue weighted by Crippen LogP contribution is 2.16. The van der Waals surface area contributed by atoms with E-state index in [1.807, 2.05) is 0 Å². The Bertz CT molecular complexity index is 352. The van der Waals surface area contributed by atoms with Crippen LogP contribution in [0.5, 0.6) is 0 Å². The Labute approximate surface area is 94.6 Å². The van der Waals surface area contributed by atoms with Crippen LogP contribution in [0.2, 0.25) is 0 Å². The normalized spacial score (nSPS) is 11.5. The summed E-state index contributed by atoms with van der Waals surface area (Å²) < 4.78 is 37.6. The minimum absolute atomic E-state index is 0.337. The quantitative estimate of drug-likeness (QED) is 0.778. The Morgan fingerprint density at radius 2 is 2.18 bits per heavy atom. The molecule has 0 spiro atoms. The van der Waals surface area contributed by atoms with Crippen molar-refractivity contribution in [3.8, 4) is 0 Å². The second-order valence-electron chi connectivity index (χ2n) is 3.25. The van der Waals surface area contributed by atoms with E-state index in [-0.39, 0.29) is 13.1 Å². The van der Waals surface area contributed by atoms with E-state index in [9.17, 15) is 18.0 Å². The molecule has 0 aliphatic carbocycles. The second-order valence-corrected chi connectivity index (χ2v) is 3.25. The first-order valence-corrected chi connectivity index (χ1v) is 4.72. The summed E-state index contributed by atoms with van der Waals surface area (Å²) in [5.41, 5.74) is 0. The minimum Gasteiger partial charge on any atom is -0.395 e. The van der Waals surface area contributed by atoms with Gasteiger partial charge >= 0.3 is 6.18 Å². The molecule has 0 aliphatic rings. The molecule has 9 heteroatoms. The zero-order chi connectivity index (χ0) is 12.9. The number of hydrogen-bond donors (Lipinski definition) is 1. The van der Waals surface area contributed by atoms with Gasteiger partial charge in [-0.2, -0.15) is 13.2 Å². The van der Waals surface area contributed by atoms with Gasteiger partial charge < -0.3 is 10.0 Å². The molecule has 17 heavy (non-hydrogen) atoms. The highest BCUT2D eigenvalue weighted by molar-refractivity contribution is 5.75. The third-order valence-electron chi connectivity index (χ3n) is 1.86. The van der Waals surface area contributed by atoms with Gasteiger partial charge in [0.15, 0.2) is 0 Å². The molecular weight excluding hydrogens is 241 g/mol. The molecule has 1 rings (SSSR count). The maximum absolute atomic E-state index is 12.2. The predicted molar refractivity (Wildman–Crippen MR) is 49.7 cm³/mol. The van der Waals surface area contributed by atoms with Gasteiger partial charge in [0.1, 0.15) is 13.1 Å². The average molecular weight is 252 g/mol. The van der Waals surface area contributed by atoms with E-state index in [2.05, 4.69) is 10.3 Å². The zero-order valence-corrected chi connectivity index (χ0v) is 8.76. The van der Waals surface area contributed by atoms with Crippen LogP contribution < -0.4 is 0 Å². The van der Waals surface area contributed by atoms with Crippen LogP contribution in [0.1, 0.15) is 0 Å². The molecule has 0 unspecified atom stereocenters. The number of aliphatic hydroxyl groups excluding tert-OH is 1. The molecule has 0 aliphatic heterocycles. The molecule has 0 saturated heterocycles. The van der Waals surface area contributed by atoms with Crippen LogP contribution in [0.4, 0.5) is 13.2 Å². The molecule has 0 saturated carbocycles. The topological polar surface area (TPSA) is 71.2 Å². The summed E-state index contributed by atoms with van der Waals surface area (Å²) in [6.07, 6.45) is -1.82. The SMILES string of the molecule is O=C(Cn1ccnn1)N(CCO)CC(F)(F)F. The third kappa shape index (κ3) is 4.81. The molecule has 0 atom stereocenters. The Kier molecular flexibility index (Phi) is 4.44. The van der Waals surface area contributed by atoms with Crippen molar-refractivity contribution in [3.63, 3.8) is 0 Å². The van der Waals surface area contributed by atoms with Crippen molar-refractivity contribution in [1.82, 2.24) is 19.9 Å². The highest BCUT2D eigenvalue weighted by atomic mass is 19.4. The summed E-state index contributed by atoms with van der Waals surface area (Å²) in [7, 11) is 0. The first-order chi connectivity index (χ1) is 7.92. The lowest BCUT2D eigenvalue weighted by atomic mass is 10.4. The van der Waals surface area contributed by atoms with E-state index < -0.39 is 25.2 Å². The molecule has 6 nitrogen and oxygen atoms in total. The molecule has 0 bridgehead atoms. The molecule has 0 fully saturated rings. The lowest BCUT2D eigenvalue weighted by Crippen LogP contribution is -2.42. The van der Waals surface area contributed by atoms with Crippen LogP contribution in [-0.4, -0.2) is 56.8 Å². The first-order valence-electron chi connectivity index (χ1n) is 4.72. The third-order valence-corrected chi connectivity index (χ3v) is 1.86. The Morgan fingerprint density at radius 3 is 2.65 bits per heavy atom. The molecule has 1 aromatic heterocycles. The largest absolute Gasteiger partial charge is 0.406 e. The van der Waals surface area contributed by atoms with Crippen LogP contribution in [0.3, 0.4) is 0 Å². The molecular formula is C8H11F3N4O2. The summed E-state index contributed by atoms with van der Waals surface area (Å²) in [6, 6.07) is 0. The van der Waals surface area contributed by atoms with Crippen molar-refractivity contribution in [2.45, 2.75) is 12.7 Å². The van der Waals surface area contributed by atoms with Crippen LogP contribution >= 0.6 is 0 Å². The number of rotatable bonds is 5. The number of alkyl halides is 3. The van der Waals surface area contributed by atoms with Crippen molar-refractivity contribution in [1.29, 1.82) is 0 Å². The van der Waals surface area contributed by atoms with Gasteiger partial charge in [0.05, 0.1) is 12.8 Å². The fourth-order valence-corrected chi connectivity index (χ4v) is 1.18. The van der Waals surface area contributed by atoms with E-state index in [4.69, 9.17) is 5.11 Å². The van der Waals surface area contributed by atoms with Crippen LogP contribution in [0, 0.1) is 0 Å². The molecule has 1 N–H and O–H groups in total. The summed E-state index contributed by atoms with van der Waals surface area (Å²) in [4.78, 5) is 12.0. The van der Waals surface area contributed by atoms with Crippen LogP contribution in [0.25, 0.3) is 0 Å². The number of halogens is 3. The highest BCUT2D eigenvalue weighted by Gasteiger charge is 2.32. The molecule has 0 radical (unpaired) electrons. The average Bonchev–Trinajstić information content (AvgIpc) is 2.67. The summed E-state index contributed by atoms with van der Waals surface area (Å²) in [6.45, 7) is -2.62. The van der Waals surface area contributed by atoms with Gasteiger partial charge in [-0.1, -0.05) is 5.21 Å². The molecule has 0 aromatic carbocycles. The molecule has 1 amide bonds. The number of amides is 1. The van der Waals surface area contributed by atoms with Crippen LogP contribution in [0.15, 0.2) is 12.4 Å². The number of carbonyl (C=O) groups is 1. The summed E-state index contributed by atoms with van der Waals surface area (Å²) in [5, 5.41) is 15.5. The van der Waals surface area contributed by atoms with Gasteiger partial charge in [0.2, 0.25) is 5.91 Å². The second kappa shape index (κ2) is 5.62. The van der Waals surface area contributed by atoms with E-state index in [1.54, 1.807) is 0 Å². The lowest BCUT2D eigenvalue weighted by molar-refractivity contribution is -0.162. The van der Waals surface area contributed by atoms with E-state index >= 15 is 0 Å². The molecule has 1 heterocycles. The van der Waals surface area contributed by atoms with Crippen molar-refractivity contribution >= 4 is 5.91 Å². The summed E-state index contributed by atoms with van der Waals surface area (Å²) in [5.74, 6) is -0.776. The number of aromatic nitrogens is 3. The molecule has 1 aromatic rings. The van der Waals surface area contributed by atoms with Crippen molar-refractivity contribution in [2.24, 2.45) is 0 Å². The first kappa shape index (κ1) is 13.4. The Morgan fingerprint density at radius 1 is 1.47 bits per heavy atom. The van der Waals surface area contributed by atoms with Gasteiger partial charge in [-0.15, -0.1) is 5.10 Å². The van der Waals surface area contributed by atoms with Gasteiger partial charge in [-0.05, 0) is 0 Å². The standard InChI is InChI=1S/C8H11F3N4O2/c9-8(10,11)6-14(3-4-16)7(17)5-15-2-1-12-13-15/h1-2,16H,3-6H2. The minimum atomic E-state index is -4.49. The van der Waals surface area contributed by atoms with Crippen LogP contribution in [-0.2, 0) is 11.3 Å². The number of hydrogen-bond acceptors (Lipinski definition) is 4. The number of aliphatic hydroxyl groups is 1. The van der Waals surface area contributed by atoms with Gasteiger partial charge in [-0.25, -0.2) is 4.68 Å².